The Balaban J connectivity index is 1.74. The molecule has 2 aromatic carbocycles. The van der Waals surface area contributed by atoms with Gasteiger partial charge in [0.1, 0.15) is 0 Å². The highest BCUT2D eigenvalue weighted by Gasteiger charge is 2.36. The zero-order chi connectivity index (χ0) is 20.3. The van der Waals surface area contributed by atoms with Crippen LogP contribution in [0.5, 0.6) is 0 Å². The Morgan fingerprint density at radius 2 is 1.89 bits per heavy atom. The molecule has 0 bridgehead atoms. The number of hydrogen-bond acceptors (Lipinski definition) is 4. The number of rotatable bonds is 5. The lowest BCUT2D eigenvalue weighted by molar-refractivity contribution is -0.122. The van der Waals surface area contributed by atoms with Crippen LogP contribution < -0.4 is 10.2 Å². The second-order valence-electron chi connectivity index (χ2n) is 7.18. The van der Waals surface area contributed by atoms with Crippen molar-refractivity contribution in [2.24, 2.45) is 5.92 Å². The summed E-state index contributed by atoms with van der Waals surface area (Å²) in [6.07, 6.45) is 0.162. The minimum Gasteiger partial charge on any atom is -0.465 e. The Morgan fingerprint density at radius 3 is 2.61 bits per heavy atom. The molecule has 1 aliphatic rings. The number of carbonyl (C=O) groups excluding carboxylic acids is 3. The quantitative estimate of drug-likeness (QED) is 0.805. The highest BCUT2D eigenvalue weighted by atomic mass is 16.5. The lowest BCUT2D eigenvalue weighted by Crippen LogP contribution is -2.29. The van der Waals surface area contributed by atoms with E-state index in [9.17, 15) is 14.4 Å². The Morgan fingerprint density at radius 1 is 1.14 bits per heavy atom. The second-order valence-corrected chi connectivity index (χ2v) is 7.18. The van der Waals surface area contributed by atoms with Crippen LogP contribution in [-0.2, 0) is 14.3 Å². The molecule has 2 amide bonds. The summed E-state index contributed by atoms with van der Waals surface area (Å²) in [5.41, 5.74) is 2.81. The Labute approximate surface area is 164 Å². The molecule has 0 aliphatic carbocycles. The largest absolute Gasteiger partial charge is 0.465 e. The molecular weight excluding hydrogens is 356 g/mol. The van der Waals surface area contributed by atoms with Crippen molar-refractivity contribution in [2.75, 3.05) is 23.9 Å². The van der Waals surface area contributed by atoms with Crippen molar-refractivity contribution in [3.05, 3.63) is 59.7 Å². The molecule has 3 rings (SSSR count). The molecule has 6 nitrogen and oxygen atoms in total. The highest BCUT2D eigenvalue weighted by Crippen LogP contribution is 2.32. The third kappa shape index (κ3) is 4.06. The average Bonchev–Trinajstić information content (AvgIpc) is 3.09. The van der Waals surface area contributed by atoms with Gasteiger partial charge in [0, 0.05) is 24.3 Å². The molecule has 1 saturated heterocycles. The molecule has 28 heavy (non-hydrogen) atoms. The smallest absolute Gasteiger partial charge is 0.337 e. The molecule has 1 N–H and O–H groups in total. The van der Waals surface area contributed by atoms with Gasteiger partial charge in [0.25, 0.3) is 0 Å². The minimum atomic E-state index is -0.469. The van der Waals surface area contributed by atoms with E-state index in [4.69, 9.17) is 4.74 Å². The van der Waals surface area contributed by atoms with Crippen LogP contribution in [0.3, 0.4) is 0 Å². The number of carbonyl (C=O) groups is 3. The monoisotopic (exact) mass is 380 g/mol. The molecule has 1 heterocycles. The number of methoxy groups -OCH3 is 1. The molecule has 146 valence electrons. The molecule has 2 aromatic rings. The van der Waals surface area contributed by atoms with Crippen molar-refractivity contribution in [1.82, 2.24) is 0 Å². The molecule has 1 atom stereocenters. The molecule has 0 saturated carbocycles. The highest BCUT2D eigenvalue weighted by molar-refractivity contribution is 6.04. The van der Waals surface area contributed by atoms with Crippen LogP contribution in [0.15, 0.2) is 48.5 Å². The zero-order valence-corrected chi connectivity index (χ0v) is 16.3. The predicted molar refractivity (Wildman–Crippen MR) is 107 cm³/mol. The third-order valence-corrected chi connectivity index (χ3v) is 4.90. The summed E-state index contributed by atoms with van der Waals surface area (Å²) >= 11 is 0. The van der Waals surface area contributed by atoms with E-state index in [-0.39, 0.29) is 24.2 Å². The van der Waals surface area contributed by atoms with E-state index in [1.165, 1.54) is 7.11 Å². The molecule has 0 radical (unpaired) electrons. The lowest BCUT2D eigenvalue weighted by Gasteiger charge is -2.22. The number of ether oxygens (including phenoxy) is 1. The summed E-state index contributed by atoms with van der Waals surface area (Å²) in [5.74, 6) is -0.937. The van der Waals surface area contributed by atoms with Gasteiger partial charge in [-0.15, -0.1) is 0 Å². The van der Waals surface area contributed by atoms with Crippen LogP contribution in [0.25, 0.3) is 0 Å². The molecule has 0 aromatic heterocycles. The number of para-hydroxylation sites is 1. The third-order valence-electron chi connectivity index (χ3n) is 4.90. The summed E-state index contributed by atoms with van der Waals surface area (Å²) in [5, 5.41) is 2.81. The number of benzene rings is 2. The topological polar surface area (TPSA) is 75.7 Å². The first kappa shape index (κ1) is 19.6. The van der Waals surface area contributed by atoms with Gasteiger partial charge in [-0.2, -0.15) is 0 Å². The van der Waals surface area contributed by atoms with Gasteiger partial charge in [-0.1, -0.05) is 38.1 Å². The Bertz CT molecular complexity index is 907. The van der Waals surface area contributed by atoms with Gasteiger partial charge in [-0.3, -0.25) is 9.59 Å². The van der Waals surface area contributed by atoms with E-state index in [1.54, 1.807) is 29.2 Å². The van der Waals surface area contributed by atoms with Gasteiger partial charge in [-0.25, -0.2) is 4.79 Å². The first-order chi connectivity index (χ1) is 13.4. The van der Waals surface area contributed by atoms with Crippen LogP contribution in [0, 0.1) is 5.92 Å². The van der Waals surface area contributed by atoms with E-state index in [0.717, 1.165) is 11.3 Å². The summed E-state index contributed by atoms with van der Waals surface area (Å²) < 4.78 is 4.70. The zero-order valence-electron chi connectivity index (χ0n) is 16.3. The number of nitrogens with one attached hydrogen (secondary N) is 1. The fraction of sp³-hybridized carbons (Fsp3) is 0.318. The van der Waals surface area contributed by atoms with Gasteiger partial charge in [-0.05, 0) is 35.7 Å². The summed E-state index contributed by atoms with van der Waals surface area (Å²) in [6.45, 7) is 4.50. The first-order valence-corrected chi connectivity index (χ1v) is 9.29. The van der Waals surface area contributed by atoms with Crippen molar-refractivity contribution < 1.29 is 19.1 Å². The number of amides is 2. The Hall–Kier alpha value is -3.15. The van der Waals surface area contributed by atoms with Crippen LogP contribution in [0.1, 0.15) is 42.1 Å². The van der Waals surface area contributed by atoms with E-state index in [0.29, 0.717) is 17.8 Å². The summed E-state index contributed by atoms with van der Waals surface area (Å²) in [6, 6.07) is 14.3. The Kier molecular flexibility index (Phi) is 5.78. The molecule has 6 heteroatoms. The number of esters is 1. The number of hydrogen-bond donors (Lipinski definition) is 1. The van der Waals surface area contributed by atoms with E-state index >= 15 is 0 Å². The normalized spacial score (nSPS) is 16.4. The first-order valence-electron chi connectivity index (χ1n) is 9.29. The molecule has 1 fully saturated rings. The fourth-order valence-corrected chi connectivity index (χ4v) is 3.42. The van der Waals surface area contributed by atoms with Crippen LogP contribution >= 0.6 is 0 Å². The standard InChI is InChI=1S/C22H24N2O4/c1-14(2)18-9-4-5-10-19(18)24-13-16(12-20(24)25)21(26)23-17-8-6-7-15(11-17)22(27)28-3/h4-11,14,16H,12-13H2,1-3H3,(H,23,26). The molecule has 1 aliphatic heterocycles. The van der Waals surface area contributed by atoms with Gasteiger partial charge >= 0.3 is 5.97 Å². The number of nitrogens with zero attached hydrogens (tertiary/aromatic N) is 1. The molecular formula is C22H24N2O4. The predicted octanol–water partition coefficient (Wildman–Crippen LogP) is 3.59. The summed E-state index contributed by atoms with van der Waals surface area (Å²) in [4.78, 5) is 38.6. The van der Waals surface area contributed by atoms with Crippen LogP contribution in [0.2, 0.25) is 0 Å². The minimum absolute atomic E-state index is 0.0587. The van der Waals surface area contributed by atoms with Crippen LogP contribution in [-0.4, -0.2) is 31.4 Å². The van der Waals surface area contributed by atoms with E-state index < -0.39 is 11.9 Å². The molecule has 0 spiro atoms. The average molecular weight is 380 g/mol. The van der Waals surface area contributed by atoms with Crippen molar-refractivity contribution in [1.29, 1.82) is 0 Å². The van der Waals surface area contributed by atoms with Gasteiger partial charge < -0.3 is 15.0 Å². The van der Waals surface area contributed by atoms with Crippen molar-refractivity contribution >= 4 is 29.2 Å². The maximum Gasteiger partial charge on any atom is 0.337 e. The second kappa shape index (κ2) is 8.25. The van der Waals surface area contributed by atoms with Gasteiger partial charge in [0.15, 0.2) is 0 Å². The van der Waals surface area contributed by atoms with Gasteiger partial charge in [0.05, 0.1) is 18.6 Å². The van der Waals surface area contributed by atoms with Gasteiger partial charge in [0.2, 0.25) is 11.8 Å². The maximum absolute atomic E-state index is 12.7. The maximum atomic E-state index is 12.7. The SMILES string of the molecule is COC(=O)c1cccc(NC(=O)C2CC(=O)N(c3ccccc3C(C)C)C2)c1. The lowest BCUT2D eigenvalue weighted by atomic mass is 10.0. The van der Waals surface area contributed by atoms with Crippen molar-refractivity contribution in [3.63, 3.8) is 0 Å². The van der Waals surface area contributed by atoms with Crippen molar-refractivity contribution in [2.45, 2.75) is 26.2 Å². The molecule has 1 unspecified atom stereocenters. The summed E-state index contributed by atoms with van der Waals surface area (Å²) in [7, 11) is 1.31. The van der Waals surface area contributed by atoms with E-state index in [2.05, 4.69) is 19.2 Å². The van der Waals surface area contributed by atoms with Crippen molar-refractivity contribution in [3.8, 4) is 0 Å². The fourth-order valence-electron chi connectivity index (χ4n) is 3.42. The number of anilines is 2. The van der Waals surface area contributed by atoms with E-state index in [1.807, 2.05) is 24.3 Å². The van der Waals surface area contributed by atoms with Crippen LogP contribution in [0.4, 0.5) is 11.4 Å².